The summed E-state index contributed by atoms with van der Waals surface area (Å²) in [5.74, 6) is 1.53. The van der Waals surface area contributed by atoms with Crippen molar-refractivity contribution in [2.24, 2.45) is 11.1 Å². The van der Waals surface area contributed by atoms with Crippen molar-refractivity contribution in [1.29, 1.82) is 0 Å². The van der Waals surface area contributed by atoms with Crippen LogP contribution in [0.2, 0.25) is 0 Å². The van der Waals surface area contributed by atoms with Crippen molar-refractivity contribution in [2.75, 3.05) is 0 Å². The second kappa shape index (κ2) is 3.39. The Bertz CT molecular complexity index is 317. The summed E-state index contributed by atoms with van der Waals surface area (Å²) in [6.45, 7) is 5.08. The lowest BCUT2D eigenvalue weighted by Gasteiger charge is -2.25. The van der Waals surface area contributed by atoms with Crippen LogP contribution in [0.4, 0.5) is 0 Å². The maximum absolute atomic E-state index is 5.63. The van der Waals surface area contributed by atoms with Crippen LogP contribution >= 0.6 is 0 Å². The minimum atomic E-state index is 0.337. The first kappa shape index (κ1) is 9.71. The highest BCUT2D eigenvalue weighted by atomic mass is 16.3. The van der Waals surface area contributed by atoms with Crippen molar-refractivity contribution in [3.63, 3.8) is 0 Å². The topological polar surface area (TPSA) is 52.0 Å². The van der Waals surface area contributed by atoms with E-state index in [1.54, 1.807) is 0 Å². The molecule has 0 aromatic carbocycles. The summed E-state index contributed by atoms with van der Waals surface area (Å²) in [5, 5.41) is 0. The highest BCUT2D eigenvalue weighted by Gasteiger charge is 2.38. The summed E-state index contributed by atoms with van der Waals surface area (Å²) in [6.07, 6.45) is 5.27. The van der Waals surface area contributed by atoms with E-state index in [2.05, 4.69) is 18.8 Å². The number of hydrogen-bond acceptors (Lipinski definition) is 3. The van der Waals surface area contributed by atoms with E-state index in [9.17, 15) is 0 Å². The second-order valence-electron chi connectivity index (χ2n) is 4.80. The maximum atomic E-state index is 5.63. The van der Waals surface area contributed by atoms with Gasteiger partial charge < -0.3 is 10.2 Å². The highest BCUT2D eigenvalue weighted by Crippen LogP contribution is 2.49. The third-order valence-electron chi connectivity index (χ3n) is 3.44. The third-order valence-corrected chi connectivity index (χ3v) is 3.44. The van der Waals surface area contributed by atoms with E-state index in [4.69, 9.17) is 10.2 Å². The zero-order valence-electron chi connectivity index (χ0n) is 8.92. The molecule has 1 heterocycles. The summed E-state index contributed by atoms with van der Waals surface area (Å²) < 4.78 is 5.48. The van der Waals surface area contributed by atoms with Crippen LogP contribution < -0.4 is 5.73 Å². The van der Waals surface area contributed by atoms with E-state index in [-0.39, 0.29) is 0 Å². The molecule has 3 heteroatoms. The number of nitrogens with two attached hydrogens (primary N) is 1. The van der Waals surface area contributed by atoms with E-state index in [1.807, 2.05) is 0 Å². The predicted molar refractivity (Wildman–Crippen MR) is 54.8 cm³/mol. The fraction of sp³-hybridized carbons (Fsp3) is 0.727. The van der Waals surface area contributed by atoms with Gasteiger partial charge in [0.1, 0.15) is 5.76 Å². The van der Waals surface area contributed by atoms with Gasteiger partial charge in [0.15, 0.2) is 6.39 Å². The zero-order chi connectivity index (χ0) is 10.2. The molecule has 0 aliphatic heterocycles. The van der Waals surface area contributed by atoms with Crippen molar-refractivity contribution >= 4 is 0 Å². The molecule has 0 amide bonds. The fourth-order valence-electron chi connectivity index (χ4n) is 2.53. The lowest BCUT2D eigenvalue weighted by molar-refractivity contribution is 0.291. The smallest absolute Gasteiger partial charge is 0.181 e. The van der Waals surface area contributed by atoms with Crippen LogP contribution in [0.25, 0.3) is 0 Å². The van der Waals surface area contributed by atoms with Gasteiger partial charge >= 0.3 is 0 Å². The van der Waals surface area contributed by atoms with Gasteiger partial charge in [0.2, 0.25) is 0 Å². The Kier molecular flexibility index (Phi) is 2.35. The van der Waals surface area contributed by atoms with Gasteiger partial charge in [-0.05, 0) is 18.3 Å². The highest BCUT2D eigenvalue weighted by molar-refractivity contribution is 5.17. The molecular formula is C11H18N2O. The molecule has 1 saturated carbocycles. The Morgan fingerprint density at radius 2 is 2.43 bits per heavy atom. The van der Waals surface area contributed by atoms with E-state index in [1.165, 1.54) is 25.7 Å². The Hall–Kier alpha value is -0.830. The van der Waals surface area contributed by atoms with Crippen LogP contribution in [0.3, 0.4) is 0 Å². The Labute approximate surface area is 84.7 Å². The molecule has 3 nitrogen and oxygen atoms in total. The molecular weight excluding hydrogens is 176 g/mol. The van der Waals surface area contributed by atoms with E-state index >= 15 is 0 Å². The number of aromatic nitrogens is 1. The van der Waals surface area contributed by atoms with Crippen molar-refractivity contribution in [1.82, 2.24) is 4.98 Å². The molecule has 2 rings (SSSR count). The molecule has 78 valence electrons. The Morgan fingerprint density at radius 1 is 1.64 bits per heavy atom. The monoisotopic (exact) mass is 194 g/mol. The zero-order valence-corrected chi connectivity index (χ0v) is 8.92. The molecule has 1 aromatic rings. The molecule has 1 aliphatic rings. The van der Waals surface area contributed by atoms with Gasteiger partial charge in [0, 0.05) is 12.5 Å². The minimum Gasteiger partial charge on any atom is -0.448 e. The van der Waals surface area contributed by atoms with Crippen LogP contribution in [-0.4, -0.2) is 4.98 Å². The van der Waals surface area contributed by atoms with E-state index < -0.39 is 0 Å². The maximum Gasteiger partial charge on any atom is 0.181 e. The molecule has 1 fully saturated rings. The van der Waals surface area contributed by atoms with E-state index in [0.717, 1.165) is 11.5 Å². The summed E-state index contributed by atoms with van der Waals surface area (Å²) in [4.78, 5) is 4.15. The van der Waals surface area contributed by atoms with Gasteiger partial charge in [-0.3, -0.25) is 0 Å². The van der Waals surface area contributed by atoms with Crippen LogP contribution in [0.1, 0.15) is 50.5 Å². The fourth-order valence-corrected chi connectivity index (χ4v) is 2.53. The van der Waals surface area contributed by atoms with Gasteiger partial charge in [-0.1, -0.05) is 20.3 Å². The largest absolute Gasteiger partial charge is 0.448 e. The standard InChI is InChI=1S/C11H18N2O/c1-11(2)5-3-4-8(11)10-9(6-12)13-7-14-10/h7-8H,3-6,12H2,1-2H3. The molecule has 0 radical (unpaired) electrons. The molecule has 0 spiro atoms. The van der Waals surface area contributed by atoms with Gasteiger partial charge in [0.05, 0.1) is 5.69 Å². The van der Waals surface area contributed by atoms with Gasteiger partial charge in [-0.15, -0.1) is 0 Å². The third kappa shape index (κ3) is 1.46. The molecule has 1 unspecified atom stereocenters. The average Bonchev–Trinajstić information content (AvgIpc) is 2.69. The first-order valence-corrected chi connectivity index (χ1v) is 5.27. The number of nitrogens with zero attached hydrogens (tertiary/aromatic N) is 1. The molecule has 2 N–H and O–H groups in total. The molecule has 1 atom stereocenters. The van der Waals surface area contributed by atoms with Gasteiger partial charge in [-0.2, -0.15) is 0 Å². The average molecular weight is 194 g/mol. The normalized spacial score (nSPS) is 25.5. The lowest BCUT2D eigenvalue weighted by atomic mass is 9.80. The summed E-state index contributed by atoms with van der Waals surface area (Å²) in [7, 11) is 0. The van der Waals surface area contributed by atoms with Crippen molar-refractivity contribution in [3.05, 3.63) is 17.8 Å². The minimum absolute atomic E-state index is 0.337. The summed E-state index contributed by atoms with van der Waals surface area (Å²) in [6, 6.07) is 0. The number of rotatable bonds is 2. The summed E-state index contributed by atoms with van der Waals surface area (Å²) in [5.41, 5.74) is 6.90. The van der Waals surface area contributed by atoms with Gasteiger partial charge in [0.25, 0.3) is 0 Å². The van der Waals surface area contributed by atoms with E-state index in [0.29, 0.717) is 17.9 Å². The first-order chi connectivity index (χ1) is 6.65. The molecule has 1 aliphatic carbocycles. The lowest BCUT2D eigenvalue weighted by Crippen LogP contribution is -2.17. The number of hydrogen-bond donors (Lipinski definition) is 1. The Balaban J connectivity index is 2.30. The van der Waals surface area contributed by atoms with Crippen molar-refractivity contribution < 1.29 is 4.42 Å². The SMILES string of the molecule is CC1(C)CCCC1c1ocnc1CN. The summed E-state index contributed by atoms with van der Waals surface area (Å²) >= 11 is 0. The van der Waals surface area contributed by atoms with Crippen LogP contribution in [-0.2, 0) is 6.54 Å². The predicted octanol–water partition coefficient (Wildman–Crippen LogP) is 2.43. The number of oxazole rings is 1. The van der Waals surface area contributed by atoms with Gasteiger partial charge in [-0.25, -0.2) is 4.98 Å². The molecule has 0 saturated heterocycles. The van der Waals surface area contributed by atoms with Crippen LogP contribution in [0.5, 0.6) is 0 Å². The van der Waals surface area contributed by atoms with Crippen LogP contribution in [0.15, 0.2) is 10.8 Å². The van der Waals surface area contributed by atoms with Crippen molar-refractivity contribution in [2.45, 2.75) is 45.6 Å². The second-order valence-corrected chi connectivity index (χ2v) is 4.80. The quantitative estimate of drug-likeness (QED) is 0.786. The molecule has 1 aromatic heterocycles. The molecule has 14 heavy (non-hydrogen) atoms. The Morgan fingerprint density at radius 3 is 3.00 bits per heavy atom. The van der Waals surface area contributed by atoms with Crippen molar-refractivity contribution in [3.8, 4) is 0 Å². The first-order valence-electron chi connectivity index (χ1n) is 5.27. The molecule has 0 bridgehead atoms. The van der Waals surface area contributed by atoms with Crippen LogP contribution in [0, 0.1) is 5.41 Å².